The molecule has 4 heteroatoms. The smallest absolute Gasteiger partial charge is 0.162 e. The number of nitrogens with zero attached hydrogens (tertiary/aromatic N) is 1. The fourth-order valence-corrected chi connectivity index (χ4v) is 4.24. The minimum absolute atomic E-state index is 0.428. The van der Waals surface area contributed by atoms with Crippen molar-refractivity contribution in [3.8, 4) is 0 Å². The van der Waals surface area contributed by atoms with E-state index < -0.39 is 0 Å². The third-order valence-electron chi connectivity index (χ3n) is 3.82. The highest BCUT2D eigenvalue weighted by Gasteiger charge is 2.21. The molecule has 0 fully saturated rings. The van der Waals surface area contributed by atoms with Gasteiger partial charge in [0, 0.05) is 18.3 Å². The molecule has 1 aliphatic heterocycles. The molecule has 0 bridgehead atoms. The Kier molecular flexibility index (Phi) is 2.86. The van der Waals surface area contributed by atoms with Crippen LogP contribution >= 0.6 is 23.6 Å². The highest BCUT2D eigenvalue weighted by molar-refractivity contribution is 7.73. The van der Waals surface area contributed by atoms with Gasteiger partial charge in [0.1, 0.15) is 0 Å². The first-order valence-corrected chi connectivity index (χ1v) is 7.96. The molecule has 1 unspecified atom stereocenters. The van der Waals surface area contributed by atoms with Crippen molar-refractivity contribution < 1.29 is 0 Å². The molecule has 0 aliphatic carbocycles. The van der Waals surface area contributed by atoms with Crippen LogP contribution in [0.5, 0.6) is 0 Å². The average molecular weight is 298 g/mol. The zero-order valence-corrected chi connectivity index (χ0v) is 12.5. The summed E-state index contributed by atoms with van der Waals surface area (Å²) in [6.07, 6.45) is 1.07. The van der Waals surface area contributed by atoms with Crippen molar-refractivity contribution in [1.82, 2.24) is 4.57 Å². The van der Waals surface area contributed by atoms with Crippen LogP contribution in [0.25, 0.3) is 10.2 Å². The zero-order chi connectivity index (χ0) is 13.5. The maximum Gasteiger partial charge on any atom is 0.162 e. The van der Waals surface area contributed by atoms with Crippen LogP contribution in [-0.4, -0.2) is 10.6 Å². The Balaban J connectivity index is 1.67. The lowest BCUT2D eigenvalue weighted by molar-refractivity contribution is 0.612. The molecule has 3 aromatic rings. The number of para-hydroxylation sites is 2. The number of thiazole rings is 1. The van der Waals surface area contributed by atoms with Crippen LogP contribution in [0.2, 0.25) is 0 Å². The molecule has 2 heterocycles. The number of benzene rings is 2. The summed E-state index contributed by atoms with van der Waals surface area (Å²) in [5, 5.41) is 3.60. The Labute approximate surface area is 126 Å². The number of nitrogens with one attached hydrogen (secondary N) is 1. The second kappa shape index (κ2) is 4.72. The van der Waals surface area contributed by atoms with Gasteiger partial charge in [0.15, 0.2) is 3.95 Å². The quantitative estimate of drug-likeness (QED) is 0.703. The number of rotatable bonds is 2. The lowest BCUT2D eigenvalue weighted by Gasteiger charge is -2.13. The van der Waals surface area contributed by atoms with Gasteiger partial charge >= 0.3 is 0 Å². The summed E-state index contributed by atoms with van der Waals surface area (Å²) in [6.45, 7) is 0.928. The molecular weight excluding hydrogens is 284 g/mol. The summed E-state index contributed by atoms with van der Waals surface area (Å²) in [5.74, 6) is 0. The standard InChI is InChI=1S/C16H14N2S2/c19-16-18(14-7-3-4-8-15(14)20-16)10-12-9-11-5-1-2-6-13(11)17-12/h1-8,12,17H,9-10H2. The highest BCUT2D eigenvalue weighted by Crippen LogP contribution is 2.28. The van der Waals surface area contributed by atoms with Crippen LogP contribution in [0.15, 0.2) is 48.5 Å². The molecule has 20 heavy (non-hydrogen) atoms. The van der Waals surface area contributed by atoms with Crippen LogP contribution in [0.3, 0.4) is 0 Å². The Morgan fingerprint density at radius 1 is 1.15 bits per heavy atom. The lowest BCUT2D eigenvalue weighted by Crippen LogP contribution is -2.22. The van der Waals surface area contributed by atoms with Gasteiger partial charge in [-0.2, -0.15) is 0 Å². The van der Waals surface area contributed by atoms with E-state index in [0.717, 1.165) is 16.9 Å². The van der Waals surface area contributed by atoms with Gasteiger partial charge in [0.25, 0.3) is 0 Å². The van der Waals surface area contributed by atoms with Crippen molar-refractivity contribution >= 4 is 39.5 Å². The highest BCUT2D eigenvalue weighted by atomic mass is 32.1. The first kappa shape index (κ1) is 12.1. The average Bonchev–Trinajstić information content (AvgIpc) is 3.00. The Hall–Kier alpha value is -1.65. The second-order valence-corrected chi connectivity index (χ2v) is 6.82. The second-order valence-electron chi connectivity index (χ2n) is 5.15. The molecule has 1 aliphatic rings. The Morgan fingerprint density at radius 2 is 1.95 bits per heavy atom. The molecule has 100 valence electrons. The zero-order valence-electron chi connectivity index (χ0n) is 10.9. The van der Waals surface area contributed by atoms with E-state index in [1.54, 1.807) is 11.3 Å². The van der Waals surface area contributed by atoms with Crippen molar-refractivity contribution in [3.05, 3.63) is 58.0 Å². The van der Waals surface area contributed by atoms with Gasteiger partial charge in [-0.05, 0) is 42.4 Å². The largest absolute Gasteiger partial charge is 0.380 e. The summed E-state index contributed by atoms with van der Waals surface area (Å²) in [4.78, 5) is 0. The molecular formula is C16H14N2S2. The first-order valence-electron chi connectivity index (χ1n) is 6.74. The maximum atomic E-state index is 5.53. The first-order chi connectivity index (χ1) is 9.81. The van der Waals surface area contributed by atoms with E-state index in [1.165, 1.54) is 21.5 Å². The van der Waals surface area contributed by atoms with E-state index in [1.807, 2.05) is 0 Å². The van der Waals surface area contributed by atoms with Crippen LogP contribution in [0, 0.1) is 3.95 Å². The molecule has 4 rings (SSSR count). The van der Waals surface area contributed by atoms with Gasteiger partial charge in [-0.25, -0.2) is 0 Å². The third kappa shape index (κ3) is 1.96. The molecule has 1 aromatic heterocycles. The van der Waals surface area contributed by atoms with Gasteiger partial charge in [-0.3, -0.25) is 0 Å². The van der Waals surface area contributed by atoms with Crippen LogP contribution in [0.1, 0.15) is 5.56 Å². The van der Waals surface area contributed by atoms with E-state index in [2.05, 4.69) is 58.4 Å². The van der Waals surface area contributed by atoms with Crippen molar-refractivity contribution in [2.45, 2.75) is 19.0 Å². The lowest BCUT2D eigenvalue weighted by atomic mass is 10.1. The molecule has 2 aromatic carbocycles. The molecule has 2 nitrogen and oxygen atoms in total. The predicted molar refractivity (Wildman–Crippen MR) is 88.2 cm³/mol. The van der Waals surface area contributed by atoms with Crippen molar-refractivity contribution in [2.75, 3.05) is 5.32 Å². The van der Waals surface area contributed by atoms with E-state index in [0.29, 0.717) is 6.04 Å². The Morgan fingerprint density at radius 3 is 2.85 bits per heavy atom. The topological polar surface area (TPSA) is 17.0 Å². The van der Waals surface area contributed by atoms with Crippen LogP contribution < -0.4 is 5.32 Å². The minimum Gasteiger partial charge on any atom is -0.380 e. The number of aromatic nitrogens is 1. The molecule has 0 amide bonds. The van der Waals surface area contributed by atoms with Gasteiger partial charge < -0.3 is 9.88 Å². The maximum absolute atomic E-state index is 5.53. The third-order valence-corrected chi connectivity index (χ3v) is 5.25. The summed E-state index contributed by atoms with van der Waals surface area (Å²) in [7, 11) is 0. The summed E-state index contributed by atoms with van der Waals surface area (Å²) in [6, 6.07) is 17.4. The number of anilines is 1. The molecule has 0 saturated heterocycles. The molecule has 0 spiro atoms. The number of hydrogen-bond acceptors (Lipinski definition) is 3. The molecule has 0 radical (unpaired) electrons. The SMILES string of the molecule is S=c1sc2ccccc2n1CC1Cc2ccccc2N1. The predicted octanol–water partition coefficient (Wildman–Crippen LogP) is 4.47. The summed E-state index contributed by atoms with van der Waals surface area (Å²) >= 11 is 7.22. The van der Waals surface area contributed by atoms with Gasteiger partial charge in [0.2, 0.25) is 0 Å². The van der Waals surface area contributed by atoms with E-state index in [-0.39, 0.29) is 0 Å². The van der Waals surface area contributed by atoms with E-state index in [4.69, 9.17) is 12.2 Å². The van der Waals surface area contributed by atoms with Gasteiger partial charge in [-0.1, -0.05) is 30.3 Å². The molecule has 1 N–H and O–H groups in total. The van der Waals surface area contributed by atoms with Crippen molar-refractivity contribution in [2.24, 2.45) is 0 Å². The number of hydrogen-bond donors (Lipinski definition) is 1. The fraction of sp³-hybridized carbons (Fsp3) is 0.188. The van der Waals surface area contributed by atoms with Gasteiger partial charge in [0.05, 0.1) is 10.2 Å². The molecule has 1 atom stereocenters. The minimum atomic E-state index is 0.428. The van der Waals surface area contributed by atoms with E-state index in [9.17, 15) is 0 Å². The van der Waals surface area contributed by atoms with Crippen molar-refractivity contribution in [1.29, 1.82) is 0 Å². The normalized spacial score (nSPS) is 17.1. The Bertz CT molecular complexity index is 807. The van der Waals surface area contributed by atoms with Crippen LogP contribution in [0.4, 0.5) is 5.69 Å². The van der Waals surface area contributed by atoms with Gasteiger partial charge in [-0.15, -0.1) is 11.3 Å². The number of fused-ring (bicyclic) bond motifs is 2. The fourth-order valence-electron chi connectivity index (χ4n) is 2.89. The van der Waals surface area contributed by atoms with Crippen LogP contribution in [-0.2, 0) is 13.0 Å². The summed E-state index contributed by atoms with van der Waals surface area (Å²) in [5.41, 5.74) is 3.92. The van der Waals surface area contributed by atoms with Crippen molar-refractivity contribution in [3.63, 3.8) is 0 Å². The summed E-state index contributed by atoms with van der Waals surface area (Å²) < 4.78 is 4.50. The monoisotopic (exact) mass is 298 g/mol. The van der Waals surface area contributed by atoms with E-state index >= 15 is 0 Å². The molecule has 0 saturated carbocycles.